The van der Waals surface area contributed by atoms with Crippen molar-refractivity contribution in [2.24, 2.45) is 0 Å². The van der Waals surface area contributed by atoms with Crippen LogP contribution in [0, 0.1) is 0 Å². The molecule has 7 heteroatoms. The number of H-pyrrole nitrogens is 1. The van der Waals surface area contributed by atoms with E-state index in [0.29, 0.717) is 38.6 Å². The van der Waals surface area contributed by atoms with E-state index in [2.05, 4.69) is 15.6 Å². The van der Waals surface area contributed by atoms with Gasteiger partial charge in [0.2, 0.25) is 11.8 Å². The molecule has 0 bridgehead atoms. The molecule has 0 spiro atoms. The second-order valence-corrected chi connectivity index (χ2v) is 8.52. The number of hydrogen-bond acceptors (Lipinski definition) is 3. The van der Waals surface area contributed by atoms with E-state index < -0.39 is 12.0 Å². The Labute approximate surface area is 200 Å². The quantitative estimate of drug-likeness (QED) is 0.271. The maximum atomic E-state index is 12.9. The molecule has 0 aliphatic carbocycles. The van der Waals surface area contributed by atoms with Crippen LogP contribution in [-0.2, 0) is 27.2 Å². The Morgan fingerprint density at radius 1 is 0.882 bits per heavy atom. The fourth-order valence-electron chi connectivity index (χ4n) is 4.01. The lowest BCUT2D eigenvalue weighted by Crippen LogP contribution is -2.48. The molecule has 180 valence electrons. The highest BCUT2D eigenvalue weighted by atomic mass is 16.4. The van der Waals surface area contributed by atoms with E-state index in [9.17, 15) is 14.4 Å². The number of benzene rings is 2. The number of para-hydroxylation sites is 1. The minimum absolute atomic E-state index is 0.135. The van der Waals surface area contributed by atoms with Gasteiger partial charge in [-0.15, -0.1) is 0 Å². The smallest absolute Gasteiger partial charge is 0.303 e. The van der Waals surface area contributed by atoms with Crippen molar-refractivity contribution in [1.29, 1.82) is 0 Å². The van der Waals surface area contributed by atoms with E-state index in [1.165, 1.54) is 5.56 Å². The molecule has 0 aliphatic rings. The Morgan fingerprint density at radius 2 is 1.65 bits per heavy atom. The number of carboxylic acid groups (broad SMARTS) is 1. The molecule has 1 aromatic heterocycles. The van der Waals surface area contributed by atoms with E-state index in [0.717, 1.165) is 29.3 Å². The zero-order valence-corrected chi connectivity index (χ0v) is 19.4. The summed E-state index contributed by atoms with van der Waals surface area (Å²) < 4.78 is 0. The van der Waals surface area contributed by atoms with E-state index in [-0.39, 0.29) is 18.2 Å². The van der Waals surface area contributed by atoms with Gasteiger partial charge in [-0.3, -0.25) is 14.4 Å². The lowest BCUT2D eigenvalue weighted by Gasteiger charge is -2.18. The van der Waals surface area contributed by atoms with Crippen molar-refractivity contribution in [3.63, 3.8) is 0 Å². The lowest BCUT2D eigenvalue weighted by atomic mass is 10.0. The molecule has 3 rings (SSSR count). The molecule has 0 saturated carbocycles. The SMILES string of the molecule is O=C(O)CCCCCNC(=O)[C@H](Cc1c[nH]c2ccccc12)NC(=O)CCCc1ccccc1. The lowest BCUT2D eigenvalue weighted by molar-refractivity contribution is -0.137. The second kappa shape index (κ2) is 13.2. The van der Waals surface area contributed by atoms with Crippen LogP contribution in [0.2, 0.25) is 0 Å². The van der Waals surface area contributed by atoms with Gasteiger partial charge in [-0.2, -0.15) is 0 Å². The van der Waals surface area contributed by atoms with Gasteiger partial charge >= 0.3 is 5.97 Å². The van der Waals surface area contributed by atoms with Crippen molar-refractivity contribution < 1.29 is 19.5 Å². The predicted octanol–water partition coefficient (Wildman–Crippen LogP) is 3.98. The van der Waals surface area contributed by atoms with Gasteiger partial charge < -0.3 is 20.7 Å². The van der Waals surface area contributed by atoms with Crippen LogP contribution in [0.3, 0.4) is 0 Å². The number of fused-ring (bicyclic) bond motifs is 1. The number of aryl methyl sites for hydroxylation is 1. The van der Waals surface area contributed by atoms with Crippen molar-refractivity contribution in [1.82, 2.24) is 15.6 Å². The standard InChI is InChI=1S/C27H33N3O4/c31-25(15-9-12-20-10-3-1-4-11-20)30-24(27(34)28-17-8-2-5-16-26(32)33)18-21-19-29-23-14-7-6-13-22(21)23/h1,3-4,6-7,10-11,13-14,19,24,29H,2,5,8-9,12,15-18H2,(H,28,34)(H,30,31)(H,32,33)/t24-/m0/s1. The summed E-state index contributed by atoms with van der Waals surface area (Å²) in [6.07, 6.45) is 6.29. The fraction of sp³-hybridized carbons (Fsp3) is 0.370. The first kappa shape index (κ1) is 25.0. The summed E-state index contributed by atoms with van der Waals surface area (Å²) in [6, 6.07) is 17.2. The van der Waals surface area contributed by atoms with Crippen LogP contribution < -0.4 is 10.6 Å². The summed E-state index contributed by atoms with van der Waals surface area (Å²) in [5.74, 6) is -1.17. The number of hydrogen-bond donors (Lipinski definition) is 4. The molecule has 7 nitrogen and oxygen atoms in total. The molecule has 1 heterocycles. The van der Waals surface area contributed by atoms with Gasteiger partial charge in [-0.25, -0.2) is 0 Å². The maximum absolute atomic E-state index is 12.9. The molecule has 0 saturated heterocycles. The first-order valence-electron chi connectivity index (χ1n) is 11.9. The summed E-state index contributed by atoms with van der Waals surface area (Å²) in [5.41, 5.74) is 3.15. The zero-order chi connectivity index (χ0) is 24.2. The largest absolute Gasteiger partial charge is 0.481 e. The van der Waals surface area contributed by atoms with Crippen LogP contribution in [0.5, 0.6) is 0 Å². The third-order valence-corrected chi connectivity index (χ3v) is 5.83. The third-order valence-electron chi connectivity index (χ3n) is 5.83. The number of aliphatic carboxylic acids is 1. The molecule has 2 aromatic carbocycles. The van der Waals surface area contributed by atoms with E-state index in [4.69, 9.17) is 5.11 Å². The highest BCUT2D eigenvalue weighted by Crippen LogP contribution is 2.19. The van der Waals surface area contributed by atoms with Crippen LogP contribution >= 0.6 is 0 Å². The Kier molecular flexibility index (Phi) is 9.70. The van der Waals surface area contributed by atoms with Gasteiger partial charge in [0, 0.05) is 42.9 Å². The number of carboxylic acids is 1. The summed E-state index contributed by atoms with van der Waals surface area (Å²) in [7, 11) is 0. The minimum Gasteiger partial charge on any atom is -0.481 e. The molecule has 0 unspecified atom stereocenters. The van der Waals surface area contributed by atoms with Gasteiger partial charge in [-0.05, 0) is 42.9 Å². The first-order chi connectivity index (χ1) is 16.5. The molecule has 0 fully saturated rings. The molecule has 0 aliphatic heterocycles. The molecule has 0 radical (unpaired) electrons. The van der Waals surface area contributed by atoms with Gasteiger partial charge in [-0.1, -0.05) is 55.0 Å². The number of carbonyl (C=O) groups excluding carboxylic acids is 2. The summed E-state index contributed by atoms with van der Waals surface area (Å²) in [5, 5.41) is 15.6. The Bertz CT molecular complexity index is 1080. The molecule has 2 amide bonds. The van der Waals surface area contributed by atoms with Crippen LogP contribution in [0.25, 0.3) is 10.9 Å². The highest BCUT2D eigenvalue weighted by Gasteiger charge is 2.22. The number of carbonyl (C=O) groups is 3. The molecule has 3 aromatic rings. The van der Waals surface area contributed by atoms with Crippen molar-refractivity contribution in [3.8, 4) is 0 Å². The second-order valence-electron chi connectivity index (χ2n) is 8.52. The summed E-state index contributed by atoms with van der Waals surface area (Å²) in [6.45, 7) is 0.451. The number of aromatic nitrogens is 1. The Hall–Kier alpha value is -3.61. The van der Waals surface area contributed by atoms with Gasteiger partial charge in [0.15, 0.2) is 0 Å². The molecular formula is C27H33N3O4. The van der Waals surface area contributed by atoms with E-state index in [1.807, 2.05) is 60.8 Å². The minimum atomic E-state index is -0.808. The average molecular weight is 464 g/mol. The van der Waals surface area contributed by atoms with Gasteiger partial charge in [0.05, 0.1) is 0 Å². The fourth-order valence-corrected chi connectivity index (χ4v) is 4.01. The summed E-state index contributed by atoms with van der Waals surface area (Å²) >= 11 is 0. The van der Waals surface area contributed by atoms with Gasteiger partial charge in [0.1, 0.15) is 6.04 Å². The van der Waals surface area contributed by atoms with Crippen LogP contribution in [-0.4, -0.2) is 40.5 Å². The maximum Gasteiger partial charge on any atom is 0.303 e. The Morgan fingerprint density at radius 3 is 2.44 bits per heavy atom. The number of amides is 2. The predicted molar refractivity (Wildman–Crippen MR) is 132 cm³/mol. The normalized spacial score (nSPS) is 11.8. The van der Waals surface area contributed by atoms with E-state index in [1.54, 1.807) is 0 Å². The van der Waals surface area contributed by atoms with Crippen LogP contribution in [0.1, 0.15) is 49.7 Å². The first-order valence-corrected chi connectivity index (χ1v) is 11.9. The number of rotatable bonds is 14. The van der Waals surface area contributed by atoms with Crippen LogP contribution in [0.4, 0.5) is 0 Å². The monoisotopic (exact) mass is 463 g/mol. The van der Waals surface area contributed by atoms with E-state index >= 15 is 0 Å². The summed E-state index contributed by atoms with van der Waals surface area (Å²) in [4.78, 5) is 39.5. The number of nitrogens with one attached hydrogen (secondary N) is 3. The van der Waals surface area contributed by atoms with Crippen molar-refractivity contribution in [3.05, 3.63) is 71.9 Å². The topological polar surface area (TPSA) is 111 Å². The van der Waals surface area contributed by atoms with Crippen molar-refractivity contribution >= 4 is 28.7 Å². The van der Waals surface area contributed by atoms with Crippen molar-refractivity contribution in [2.75, 3.05) is 6.54 Å². The molecular weight excluding hydrogens is 430 g/mol. The third kappa shape index (κ3) is 8.06. The van der Waals surface area contributed by atoms with Crippen LogP contribution in [0.15, 0.2) is 60.8 Å². The number of unbranched alkanes of at least 4 members (excludes halogenated alkanes) is 2. The number of aromatic amines is 1. The molecule has 1 atom stereocenters. The highest BCUT2D eigenvalue weighted by molar-refractivity contribution is 5.89. The zero-order valence-electron chi connectivity index (χ0n) is 19.4. The average Bonchev–Trinajstić information content (AvgIpc) is 3.24. The van der Waals surface area contributed by atoms with Crippen molar-refractivity contribution in [2.45, 2.75) is 57.4 Å². The van der Waals surface area contributed by atoms with Gasteiger partial charge in [0.25, 0.3) is 0 Å². The Balaban J connectivity index is 1.56. The molecule has 34 heavy (non-hydrogen) atoms. The molecule has 4 N–H and O–H groups in total.